The third-order valence-corrected chi connectivity index (χ3v) is 5.93. The fourth-order valence-electron chi connectivity index (χ4n) is 3.46. The highest BCUT2D eigenvalue weighted by molar-refractivity contribution is 7.15. The molecule has 1 aromatic carbocycles. The zero-order chi connectivity index (χ0) is 18.8. The first kappa shape index (κ1) is 17.9. The lowest BCUT2D eigenvalue weighted by atomic mass is 10.0. The van der Waals surface area contributed by atoms with Crippen molar-refractivity contribution in [3.05, 3.63) is 44.4 Å². The molecule has 2 aliphatic rings. The van der Waals surface area contributed by atoms with Crippen LogP contribution in [0.3, 0.4) is 0 Å². The van der Waals surface area contributed by atoms with Crippen molar-refractivity contribution in [3.8, 4) is 0 Å². The molecule has 0 saturated carbocycles. The van der Waals surface area contributed by atoms with Gasteiger partial charge in [0, 0.05) is 29.6 Å². The number of ether oxygens (including phenoxy) is 1. The van der Waals surface area contributed by atoms with E-state index in [2.05, 4.69) is 10.3 Å². The van der Waals surface area contributed by atoms with E-state index in [0.29, 0.717) is 37.1 Å². The Kier molecular flexibility index (Phi) is 5.04. The number of thiazole rings is 1. The van der Waals surface area contributed by atoms with Crippen LogP contribution in [0, 0.1) is 10.1 Å². The number of nitrogens with one attached hydrogen (secondary N) is 1. The molecule has 8 nitrogen and oxygen atoms in total. The lowest BCUT2D eigenvalue weighted by molar-refractivity contribution is -0.384. The summed E-state index contributed by atoms with van der Waals surface area (Å²) in [6, 6.07) is 4.61. The smallest absolute Gasteiger partial charge is 0.293 e. The van der Waals surface area contributed by atoms with Gasteiger partial charge in [0.15, 0.2) is 5.13 Å². The number of fused-ring (bicyclic) bond motifs is 1. The van der Waals surface area contributed by atoms with Gasteiger partial charge in [-0.1, -0.05) is 0 Å². The molecular weight excluding hydrogens is 368 g/mol. The minimum atomic E-state index is -0.441. The number of morpholine rings is 1. The first-order valence-electron chi connectivity index (χ1n) is 9.03. The van der Waals surface area contributed by atoms with Gasteiger partial charge in [-0.25, -0.2) is 4.98 Å². The van der Waals surface area contributed by atoms with Crippen molar-refractivity contribution >= 4 is 33.8 Å². The lowest BCUT2D eigenvalue weighted by Gasteiger charge is -2.28. The Balaban J connectivity index is 1.55. The maximum Gasteiger partial charge on any atom is 0.293 e. The number of carbonyl (C=O) groups is 1. The number of aromatic nitrogens is 1. The van der Waals surface area contributed by atoms with Crippen LogP contribution in [0.2, 0.25) is 0 Å². The van der Waals surface area contributed by atoms with Crippen LogP contribution in [-0.4, -0.2) is 42.1 Å². The van der Waals surface area contributed by atoms with Crippen LogP contribution in [0.5, 0.6) is 0 Å². The number of nitro groups is 1. The van der Waals surface area contributed by atoms with E-state index in [1.807, 2.05) is 4.90 Å². The Bertz CT molecular complexity index is 853. The van der Waals surface area contributed by atoms with E-state index < -0.39 is 4.92 Å². The molecule has 1 fully saturated rings. The van der Waals surface area contributed by atoms with Crippen LogP contribution < -0.4 is 10.2 Å². The van der Waals surface area contributed by atoms with Crippen LogP contribution in [0.1, 0.15) is 33.8 Å². The van der Waals surface area contributed by atoms with E-state index in [9.17, 15) is 14.9 Å². The Morgan fingerprint density at radius 2 is 2.04 bits per heavy atom. The van der Waals surface area contributed by atoms with Gasteiger partial charge in [-0.2, -0.15) is 0 Å². The molecule has 0 unspecified atom stereocenters. The number of nitrogens with zero attached hydrogens (tertiary/aromatic N) is 3. The summed E-state index contributed by atoms with van der Waals surface area (Å²) in [6.07, 6.45) is 4.22. The summed E-state index contributed by atoms with van der Waals surface area (Å²) in [5.74, 6) is -0.377. The molecule has 1 aromatic heterocycles. The molecule has 1 saturated heterocycles. The molecule has 142 valence electrons. The molecule has 0 spiro atoms. The van der Waals surface area contributed by atoms with Gasteiger partial charge in [0.25, 0.3) is 11.6 Å². The van der Waals surface area contributed by atoms with Crippen LogP contribution >= 0.6 is 11.3 Å². The van der Waals surface area contributed by atoms with Gasteiger partial charge in [-0.3, -0.25) is 20.2 Å². The van der Waals surface area contributed by atoms with Crippen molar-refractivity contribution in [1.29, 1.82) is 0 Å². The summed E-state index contributed by atoms with van der Waals surface area (Å²) in [6.45, 7) is 2.26. The molecule has 1 amide bonds. The second-order valence-corrected chi connectivity index (χ2v) is 7.69. The summed E-state index contributed by atoms with van der Waals surface area (Å²) in [7, 11) is 0. The fraction of sp³-hybridized carbons (Fsp3) is 0.444. The molecule has 1 aliphatic heterocycles. The Morgan fingerprint density at radius 1 is 1.26 bits per heavy atom. The minimum absolute atomic E-state index is 0.0667. The normalized spacial score (nSPS) is 16.7. The molecule has 1 aliphatic carbocycles. The number of rotatable bonds is 4. The number of benzene rings is 1. The van der Waals surface area contributed by atoms with Gasteiger partial charge < -0.3 is 9.64 Å². The van der Waals surface area contributed by atoms with Crippen LogP contribution in [0.4, 0.5) is 16.5 Å². The van der Waals surface area contributed by atoms with E-state index in [0.717, 1.165) is 31.4 Å². The van der Waals surface area contributed by atoms with Crippen LogP contribution in [0.15, 0.2) is 18.2 Å². The minimum Gasteiger partial charge on any atom is -0.378 e. The largest absolute Gasteiger partial charge is 0.378 e. The zero-order valence-electron chi connectivity index (χ0n) is 14.8. The van der Waals surface area contributed by atoms with Gasteiger partial charge in [0.1, 0.15) is 5.69 Å². The van der Waals surface area contributed by atoms with Crippen molar-refractivity contribution in [2.24, 2.45) is 0 Å². The van der Waals surface area contributed by atoms with E-state index in [1.165, 1.54) is 22.3 Å². The molecule has 1 N–H and O–H groups in total. The first-order valence-corrected chi connectivity index (χ1v) is 9.84. The number of anilines is 2. The highest BCUT2D eigenvalue weighted by Gasteiger charge is 2.24. The second kappa shape index (κ2) is 7.61. The second-order valence-electron chi connectivity index (χ2n) is 6.61. The average Bonchev–Trinajstić information content (AvgIpc) is 3.10. The van der Waals surface area contributed by atoms with Crippen molar-refractivity contribution in [2.45, 2.75) is 25.7 Å². The maximum atomic E-state index is 12.6. The summed E-state index contributed by atoms with van der Waals surface area (Å²) in [4.78, 5) is 31.3. The van der Waals surface area contributed by atoms with Gasteiger partial charge in [0.2, 0.25) is 0 Å². The molecule has 0 atom stereocenters. The van der Waals surface area contributed by atoms with Gasteiger partial charge in [-0.15, -0.1) is 11.3 Å². The van der Waals surface area contributed by atoms with E-state index in [1.54, 1.807) is 12.1 Å². The summed E-state index contributed by atoms with van der Waals surface area (Å²) >= 11 is 1.50. The predicted molar refractivity (Wildman–Crippen MR) is 103 cm³/mol. The number of nitro benzene ring substituents is 1. The number of aryl methyl sites for hydroxylation is 2. The molecule has 9 heteroatoms. The van der Waals surface area contributed by atoms with Crippen molar-refractivity contribution in [3.63, 3.8) is 0 Å². The maximum absolute atomic E-state index is 12.6. The van der Waals surface area contributed by atoms with E-state index >= 15 is 0 Å². The Hall–Kier alpha value is -2.52. The predicted octanol–water partition coefficient (Wildman–Crippen LogP) is 3.02. The molecule has 0 radical (unpaired) electrons. The highest BCUT2D eigenvalue weighted by atomic mass is 32.1. The molecular formula is C18H20N4O4S. The van der Waals surface area contributed by atoms with E-state index in [4.69, 9.17) is 4.74 Å². The summed E-state index contributed by atoms with van der Waals surface area (Å²) in [5, 5.41) is 14.9. The first-order chi connectivity index (χ1) is 13.1. The van der Waals surface area contributed by atoms with Crippen molar-refractivity contribution < 1.29 is 14.5 Å². The molecule has 2 aromatic rings. The molecule has 0 bridgehead atoms. The zero-order valence-corrected chi connectivity index (χ0v) is 15.6. The fourth-order valence-corrected chi connectivity index (χ4v) is 4.50. The Morgan fingerprint density at radius 3 is 2.78 bits per heavy atom. The lowest BCUT2D eigenvalue weighted by Crippen LogP contribution is -2.36. The van der Waals surface area contributed by atoms with Crippen molar-refractivity contribution in [2.75, 3.05) is 36.5 Å². The van der Waals surface area contributed by atoms with Gasteiger partial charge >= 0.3 is 0 Å². The number of hydrogen-bond acceptors (Lipinski definition) is 7. The average molecular weight is 388 g/mol. The van der Waals surface area contributed by atoms with Crippen molar-refractivity contribution in [1.82, 2.24) is 4.98 Å². The monoisotopic (exact) mass is 388 g/mol. The topological polar surface area (TPSA) is 97.6 Å². The van der Waals surface area contributed by atoms with Gasteiger partial charge in [-0.05, 0) is 37.8 Å². The molecule has 4 rings (SSSR count). The van der Waals surface area contributed by atoms with Crippen LogP contribution in [-0.2, 0) is 17.6 Å². The summed E-state index contributed by atoms with van der Waals surface area (Å²) < 4.78 is 5.30. The quantitative estimate of drug-likeness (QED) is 0.639. The summed E-state index contributed by atoms with van der Waals surface area (Å²) in [5.41, 5.74) is 1.77. The molecule has 2 heterocycles. The Labute approximate surface area is 160 Å². The van der Waals surface area contributed by atoms with E-state index in [-0.39, 0.29) is 17.2 Å². The van der Waals surface area contributed by atoms with Gasteiger partial charge in [0.05, 0.1) is 23.8 Å². The van der Waals surface area contributed by atoms with Crippen LogP contribution in [0.25, 0.3) is 0 Å². The third-order valence-electron chi connectivity index (χ3n) is 4.85. The molecule has 27 heavy (non-hydrogen) atoms. The standard InChI is InChI=1S/C18H20N4O4S/c23-17(20-18-19-13-3-1-2-4-16(13)27-18)12-5-6-14(15(11-12)22(24)25)21-7-9-26-10-8-21/h5-6,11H,1-4,7-10H2,(H,19,20,23). The number of amides is 1. The number of hydrogen-bond donors (Lipinski definition) is 1. The highest BCUT2D eigenvalue weighted by Crippen LogP contribution is 2.32. The number of carbonyl (C=O) groups excluding carboxylic acids is 1. The third kappa shape index (κ3) is 3.79. The SMILES string of the molecule is O=C(Nc1nc2c(s1)CCCC2)c1ccc(N2CCOCC2)c([N+](=O)[O-])c1.